The predicted molar refractivity (Wildman–Crippen MR) is 226 cm³/mol. The number of imide groups is 1. The van der Waals surface area contributed by atoms with Crippen LogP contribution in [0.3, 0.4) is 0 Å². The minimum absolute atomic E-state index is 0.159. The summed E-state index contributed by atoms with van der Waals surface area (Å²) in [6, 6.07) is 4.74. The molecule has 4 aliphatic rings. The Bertz CT molecular complexity index is 1590. The minimum Gasteiger partial charge on any atom is -0.453 e. The van der Waals surface area contributed by atoms with Crippen molar-refractivity contribution < 1.29 is 69.1 Å². The van der Waals surface area contributed by atoms with Gasteiger partial charge >= 0.3 is 5.97 Å². The van der Waals surface area contributed by atoms with Crippen LogP contribution in [0.5, 0.6) is 0 Å². The van der Waals surface area contributed by atoms with Gasteiger partial charge in [-0.3, -0.25) is 14.4 Å². The maximum absolute atomic E-state index is 13.0. The van der Waals surface area contributed by atoms with E-state index in [4.69, 9.17) is 42.1 Å². The van der Waals surface area contributed by atoms with Gasteiger partial charge in [0.2, 0.25) is 17.6 Å². The first kappa shape index (κ1) is 51.4. The van der Waals surface area contributed by atoms with E-state index < -0.39 is 97.3 Å². The van der Waals surface area contributed by atoms with Gasteiger partial charge in [0.05, 0.1) is 35.6 Å². The van der Waals surface area contributed by atoms with Crippen molar-refractivity contribution in [2.45, 2.75) is 172 Å². The second-order valence-electron chi connectivity index (χ2n) is 17.3. The molecule has 61 heavy (non-hydrogen) atoms. The summed E-state index contributed by atoms with van der Waals surface area (Å²) >= 11 is 11.8. The topological polar surface area (TPSA) is 233 Å². The van der Waals surface area contributed by atoms with Crippen molar-refractivity contribution in [1.82, 2.24) is 0 Å². The molecule has 3 aliphatic heterocycles. The zero-order chi connectivity index (χ0) is 45.1. The number of carbonyl (C=O) groups is 3. The van der Waals surface area contributed by atoms with Crippen LogP contribution in [0, 0.1) is 16.7 Å². The van der Waals surface area contributed by atoms with E-state index in [1.54, 1.807) is 25.1 Å². The van der Waals surface area contributed by atoms with Gasteiger partial charge < -0.3 is 54.7 Å². The number of aliphatic hydroxyl groups excluding tert-OH is 7. The van der Waals surface area contributed by atoms with E-state index >= 15 is 0 Å². The van der Waals surface area contributed by atoms with Gasteiger partial charge in [-0.05, 0) is 70.6 Å². The van der Waals surface area contributed by atoms with Crippen molar-refractivity contribution in [2.24, 2.45) is 16.7 Å². The largest absolute Gasteiger partial charge is 0.453 e. The van der Waals surface area contributed by atoms with Crippen molar-refractivity contribution in [3.8, 4) is 0 Å². The molecular formula is C44H67Cl2NO14. The number of ether oxygens (including phenoxy) is 4. The van der Waals surface area contributed by atoms with Crippen LogP contribution >= 0.6 is 23.2 Å². The molecule has 0 bridgehead atoms. The van der Waals surface area contributed by atoms with E-state index in [-0.39, 0.29) is 11.8 Å². The number of hydrogen-bond acceptors (Lipinski definition) is 14. The van der Waals surface area contributed by atoms with Crippen molar-refractivity contribution in [1.29, 1.82) is 0 Å². The first-order chi connectivity index (χ1) is 28.9. The van der Waals surface area contributed by atoms with Crippen LogP contribution < -0.4 is 4.90 Å². The highest BCUT2D eigenvalue weighted by Crippen LogP contribution is 2.69. The van der Waals surface area contributed by atoms with Crippen molar-refractivity contribution >= 4 is 46.7 Å². The fourth-order valence-corrected chi connectivity index (χ4v) is 8.77. The Hall–Kier alpha value is -2.25. The standard InChI is InChI=1S/C31H56O12.C13H11Cl2NO2/c1-3-4-5-6-7-8-9-10-11-12-13-14-15-16-17-21(2)29(39)41-28-25(36)23(19-33)42-31(28,20-34)43-30-27(38)26(37)24(35)22(18-32)40-30;1-12-6-13(12,2)11(18)16(10(12)17)9-4-7(14)3-8(15)5-9/h10-11,21-28,30,32-38H,3-9,12-20H2,1-2H3;3-5H,6H2,1-2H3/b11-10-;/t21?,22-,23-,24-,25-,26+,27-,28+,30-,31+;/m1./s1. The number of carbonyl (C=O) groups excluding carboxylic acids is 3. The minimum atomic E-state index is -2.27. The van der Waals surface area contributed by atoms with E-state index in [0.29, 0.717) is 28.6 Å². The lowest BCUT2D eigenvalue weighted by molar-refractivity contribution is -0.384. The number of piperidine rings is 1. The number of nitrogens with zero attached hydrogens (tertiary/aromatic N) is 1. The normalized spacial score (nSPS) is 33.8. The fraction of sp³-hybridized carbons (Fsp3) is 0.750. The molecular weight excluding hydrogens is 837 g/mol. The third kappa shape index (κ3) is 12.1. The van der Waals surface area contributed by atoms with E-state index in [2.05, 4.69) is 19.1 Å². The maximum Gasteiger partial charge on any atom is 0.309 e. The lowest BCUT2D eigenvalue weighted by Crippen LogP contribution is -2.63. The molecule has 5 rings (SSSR count). The van der Waals surface area contributed by atoms with Crippen LogP contribution in [0.1, 0.15) is 118 Å². The first-order valence-electron chi connectivity index (χ1n) is 21.7. The van der Waals surface area contributed by atoms with E-state index in [0.717, 1.165) is 38.5 Å². The summed E-state index contributed by atoms with van der Waals surface area (Å²) in [7, 11) is 0. The van der Waals surface area contributed by atoms with Gasteiger partial charge in [0.15, 0.2) is 12.4 Å². The Balaban J connectivity index is 0.000000372. The average molecular weight is 905 g/mol. The van der Waals surface area contributed by atoms with Crippen molar-refractivity contribution in [3.63, 3.8) is 0 Å². The van der Waals surface area contributed by atoms with Gasteiger partial charge in [0.25, 0.3) is 0 Å². The second kappa shape index (κ2) is 23.1. The van der Waals surface area contributed by atoms with Gasteiger partial charge in [0.1, 0.15) is 43.2 Å². The molecule has 1 aromatic rings. The Morgan fingerprint density at radius 2 is 1.34 bits per heavy atom. The monoisotopic (exact) mass is 903 g/mol. The summed E-state index contributed by atoms with van der Waals surface area (Å²) < 4.78 is 22.1. The average Bonchev–Trinajstić information content (AvgIpc) is 3.67. The molecule has 3 saturated heterocycles. The summed E-state index contributed by atoms with van der Waals surface area (Å²) in [6.07, 6.45) is 6.74. The zero-order valence-electron chi connectivity index (χ0n) is 35.8. The quantitative estimate of drug-likeness (QED) is 0.0361. The molecule has 2 amide bonds. The van der Waals surface area contributed by atoms with Gasteiger partial charge in [-0.15, -0.1) is 0 Å². The van der Waals surface area contributed by atoms with Crippen LogP contribution in [-0.2, 0) is 33.3 Å². The summed E-state index contributed by atoms with van der Waals surface area (Å²) in [5.41, 5.74) is -0.658. The Kier molecular flexibility index (Phi) is 19.5. The highest BCUT2D eigenvalue weighted by atomic mass is 35.5. The number of allylic oxidation sites excluding steroid dienone is 2. The Labute approximate surface area is 368 Å². The molecule has 15 nitrogen and oxygen atoms in total. The molecule has 1 saturated carbocycles. The number of benzene rings is 1. The van der Waals surface area contributed by atoms with Crippen molar-refractivity contribution in [2.75, 3.05) is 24.7 Å². The highest BCUT2D eigenvalue weighted by molar-refractivity contribution is 6.36. The molecule has 0 radical (unpaired) electrons. The number of unbranched alkanes of at least 4 members (excludes halogenated alkanes) is 10. The molecule has 7 N–H and O–H groups in total. The lowest BCUT2D eigenvalue weighted by atomic mass is 9.98. The predicted octanol–water partition coefficient (Wildman–Crippen LogP) is 4.72. The van der Waals surface area contributed by atoms with Crippen molar-refractivity contribution in [3.05, 3.63) is 40.4 Å². The number of rotatable bonds is 22. The summed E-state index contributed by atoms with van der Waals surface area (Å²) in [6.45, 7) is 5.19. The van der Waals surface area contributed by atoms with Gasteiger partial charge in [0, 0.05) is 10.0 Å². The molecule has 1 aromatic carbocycles. The van der Waals surface area contributed by atoms with Gasteiger partial charge in [-0.1, -0.05) is 101 Å². The SMILES string of the molecule is CC12CC1(C)C(=O)N(c1cc(Cl)cc(Cl)c1)C2=O.CCCCCCCC/C=C\CCCCCCC(C)C(=O)O[C@H]1[C@H](O)[C@@H](CO)O[C@@]1(CO)O[C@H]1O[C@H](CO)[C@@H](O)[C@H](O)[C@H]1O. The molecule has 17 heteroatoms. The number of fused-ring (bicyclic) bond motifs is 1. The van der Waals surface area contributed by atoms with Gasteiger partial charge in [-0.2, -0.15) is 0 Å². The Morgan fingerprint density at radius 3 is 1.89 bits per heavy atom. The van der Waals surface area contributed by atoms with Crippen LogP contribution in [0.4, 0.5) is 5.69 Å². The van der Waals surface area contributed by atoms with Crippen LogP contribution in [-0.4, -0.2) is 128 Å². The summed E-state index contributed by atoms with van der Waals surface area (Å²) in [5.74, 6) is -3.79. The Morgan fingerprint density at radius 1 is 0.803 bits per heavy atom. The second-order valence-corrected chi connectivity index (χ2v) is 18.2. The number of anilines is 1. The van der Waals surface area contributed by atoms with Gasteiger partial charge in [-0.25, -0.2) is 4.90 Å². The molecule has 4 fully saturated rings. The number of aliphatic hydroxyl groups is 7. The third-order valence-corrected chi connectivity index (χ3v) is 13.0. The molecule has 3 heterocycles. The van der Waals surface area contributed by atoms with Crippen LogP contribution in [0.2, 0.25) is 10.0 Å². The highest BCUT2D eigenvalue weighted by Gasteiger charge is 2.77. The molecule has 0 spiro atoms. The van der Waals surface area contributed by atoms with Crippen LogP contribution in [0.15, 0.2) is 30.4 Å². The smallest absolute Gasteiger partial charge is 0.309 e. The molecule has 1 aliphatic carbocycles. The molecule has 3 unspecified atom stereocenters. The molecule has 12 atom stereocenters. The van der Waals surface area contributed by atoms with E-state index in [1.807, 2.05) is 13.8 Å². The maximum atomic E-state index is 13.0. The zero-order valence-corrected chi connectivity index (χ0v) is 37.3. The van der Waals surface area contributed by atoms with E-state index in [1.165, 1.54) is 43.4 Å². The number of amides is 2. The number of hydrogen-bond donors (Lipinski definition) is 7. The molecule has 346 valence electrons. The molecule has 0 aromatic heterocycles. The summed E-state index contributed by atoms with van der Waals surface area (Å²) in [4.78, 5) is 38.8. The van der Waals surface area contributed by atoms with E-state index in [9.17, 15) is 50.1 Å². The number of halogens is 2. The first-order valence-corrected chi connectivity index (χ1v) is 22.5. The summed E-state index contributed by atoms with van der Waals surface area (Å²) in [5, 5.41) is 71.5. The number of esters is 1. The fourth-order valence-electron chi connectivity index (χ4n) is 8.25. The lowest BCUT2D eigenvalue weighted by Gasteiger charge is -2.43. The third-order valence-electron chi connectivity index (χ3n) is 12.6. The van der Waals surface area contributed by atoms with Crippen LogP contribution in [0.25, 0.3) is 0 Å².